The number of carbonyl (C=O) groups excluding carboxylic acids is 2. The third kappa shape index (κ3) is 3.42. The second-order valence-corrected chi connectivity index (χ2v) is 4.94. The number of benzene rings is 1. The largest absolute Gasteiger partial charge is 0.491 e. The molecule has 0 saturated carbocycles. The Kier molecular flexibility index (Phi) is 4.14. The zero-order chi connectivity index (χ0) is 14.7. The fourth-order valence-electron chi connectivity index (χ4n) is 1.69. The first kappa shape index (κ1) is 14.2. The van der Waals surface area contributed by atoms with Gasteiger partial charge in [0.2, 0.25) is 0 Å². The summed E-state index contributed by atoms with van der Waals surface area (Å²) in [6, 6.07) is 7.13. The molecular formula is C14H14N2O3S. The molecule has 2 rings (SSSR count). The van der Waals surface area contributed by atoms with Gasteiger partial charge >= 0.3 is 0 Å². The van der Waals surface area contributed by atoms with Gasteiger partial charge in [0.15, 0.2) is 5.11 Å². The number of hydrogen-bond acceptors (Lipinski definition) is 4. The van der Waals surface area contributed by atoms with Crippen molar-refractivity contribution in [3.63, 3.8) is 0 Å². The minimum absolute atomic E-state index is 0.0242. The maximum atomic E-state index is 11.7. The van der Waals surface area contributed by atoms with Crippen molar-refractivity contribution < 1.29 is 14.3 Å². The van der Waals surface area contributed by atoms with Crippen molar-refractivity contribution in [3.05, 3.63) is 35.4 Å². The summed E-state index contributed by atoms with van der Waals surface area (Å²) in [6.45, 7) is 3.88. The molecule has 0 atom stereocenters. The van der Waals surface area contributed by atoms with Crippen LogP contribution in [-0.4, -0.2) is 23.0 Å². The van der Waals surface area contributed by atoms with E-state index in [1.54, 1.807) is 24.3 Å². The van der Waals surface area contributed by atoms with Crippen molar-refractivity contribution in [1.82, 2.24) is 10.6 Å². The highest BCUT2D eigenvalue weighted by atomic mass is 32.1. The molecular weight excluding hydrogens is 276 g/mol. The molecule has 1 fully saturated rings. The van der Waals surface area contributed by atoms with Gasteiger partial charge in [0, 0.05) is 0 Å². The van der Waals surface area contributed by atoms with Crippen molar-refractivity contribution >= 4 is 35.2 Å². The molecule has 1 saturated heterocycles. The first-order valence-electron chi connectivity index (χ1n) is 6.11. The molecule has 0 aromatic heterocycles. The van der Waals surface area contributed by atoms with Crippen LogP contribution in [0.1, 0.15) is 19.4 Å². The Labute approximate surface area is 122 Å². The SMILES string of the molecule is CC(C)Oc1ccc(C=C2C(=O)NC(=S)NC2=O)cc1. The van der Waals surface area contributed by atoms with Gasteiger partial charge in [-0.1, -0.05) is 12.1 Å². The van der Waals surface area contributed by atoms with E-state index in [1.165, 1.54) is 6.08 Å². The predicted molar refractivity (Wildman–Crippen MR) is 79.1 cm³/mol. The second-order valence-electron chi connectivity index (χ2n) is 4.53. The van der Waals surface area contributed by atoms with Crippen molar-refractivity contribution in [2.45, 2.75) is 20.0 Å². The summed E-state index contributed by atoms with van der Waals surface area (Å²) in [5.41, 5.74) is 0.755. The molecule has 20 heavy (non-hydrogen) atoms. The van der Waals surface area contributed by atoms with E-state index in [4.69, 9.17) is 17.0 Å². The monoisotopic (exact) mass is 290 g/mol. The van der Waals surface area contributed by atoms with Gasteiger partial charge in [-0.3, -0.25) is 20.2 Å². The molecule has 1 aliphatic heterocycles. The molecule has 1 aliphatic rings. The Morgan fingerprint density at radius 2 is 1.65 bits per heavy atom. The van der Waals surface area contributed by atoms with Crippen molar-refractivity contribution in [2.75, 3.05) is 0 Å². The molecule has 2 amide bonds. The Hall–Kier alpha value is -2.21. The number of nitrogens with one attached hydrogen (secondary N) is 2. The highest BCUT2D eigenvalue weighted by molar-refractivity contribution is 7.80. The summed E-state index contributed by atoms with van der Waals surface area (Å²) < 4.78 is 5.52. The molecule has 0 spiro atoms. The Morgan fingerprint density at radius 1 is 1.10 bits per heavy atom. The quantitative estimate of drug-likeness (QED) is 0.501. The number of rotatable bonds is 3. The van der Waals surface area contributed by atoms with Crippen LogP contribution in [0.4, 0.5) is 0 Å². The molecule has 5 nitrogen and oxygen atoms in total. The molecule has 6 heteroatoms. The highest BCUT2D eigenvalue weighted by Gasteiger charge is 2.25. The first-order valence-corrected chi connectivity index (χ1v) is 6.51. The summed E-state index contributed by atoms with van der Waals surface area (Å²) in [7, 11) is 0. The van der Waals surface area contributed by atoms with Crippen LogP contribution in [0.5, 0.6) is 5.75 Å². The van der Waals surface area contributed by atoms with Gasteiger partial charge in [0.05, 0.1) is 6.10 Å². The van der Waals surface area contributed by atoms with E-state index in [0.717, 1.165) is 11.3 Å². The molecule has 0 radical (unpaired) electrons. The average molecular weight is 290 g/mol. The number of carbonyl (C=O) groups is 2. The fraction of sp³-hybridized carbons (Fsp3) is 0.214. The normalized spacial score (nSPS) is 14.9. The molecule has 2 N–H and O–H groups in total. The van der Waals surface area contributed by atoms with Gasteiger partial charge in [0.25, 0.3) is 11.8 Å². The Balaban J connectivity index is 2.19. The third-order valence-electron chi connectivity index (χ3n) is 2.51. The minimum Gasteiger partial charge on any atom is -0.491 e. The molecule has 1 heterocycles. The smallest absolute Gasteiger partial charge is 0.263 e. The van der Waals surface area contributed by atoms with E-state index >= 15 is 0 Å². The summed E-state index contributed by atoms with van der Waals surface area (Å²) in [6.07, 6.45) is 1.60. The molecule has 1 aromatic carbocycles. The van der Waals surface area contributed by atoms with Crippen LogP contribution in [-0.2, 0) is 9.59 Å². The molecule has 1 aromatic rings. The first-order chi connectivity index (χ1) is 9.45. The van der Waals surface area contributed by atoms with Crippen molar-refractivity contribution in [2.24, 2.45) is 0 Å². The van der Waals surface area contributed by atoms with Gasteiger partial charge < -0.3 is 4.74 Å². The van der Waals surface area contributed by atoms with Gasteiger partial charge in [-0.15, -0.1) is 0 Å². The van der Waals surface area contributed by atoms with Gasteiger partial charge in [-0.25, -0.2) is 0 Å². The lowest BCUT2D eigenvalue weighted by Crippen LogP contribution is -2.51. The Bertz CT molecular complexity index is 569. The lowest BCUT2D eigenvalue weighted by Gasteiger charge is -2.16. The van der Waals surface area contributed by atoms with Crippen LogP contribution in [0.25, 0.3) is 6.08 Å². The molecule has 0 aliphatic carbocycles. The Morgan fingerprint density at radius 3 is 2.15 bits per heavy atom. The minimum atomic E-state index is -0.499. The van der Waals surface area contributed by atoms with Crippen LogP contribution in [0.15, 0.2) is 29.8 Å². The summed E-state index contributed by atoms with van der Waals surface area (Å²) in [5, 5.41) is 4.80. The number of ether oxygens (including phenoxy) is 1. The number of amides is 2. The lowest BCUT2D eigenvalue weighted by molar-refractivity contribution is -0.123. The van der Waals surface area contributed by atoms with Crippen LogP contribution in [0.2, 0.25) is 0 Å². The molecule has 0 bridgehead atoms. The zero-order valence-corrected chi connectivity index (χ0v) is 11.9. The van der Waals surface area contributed by atoms with E-state index in [0.29, 0.717) is 0 Å². The van der Waals surface area contributed by atoms with Crippen molar-refractivity contribution in [1.29, 1.82) is 0 Å². The molecule has 0 unspecified atom stereocenters. The van der Waals surface area contributed by atoms with Gasteiger partial charge in [0.1, 0.15) is 11.3 Å². The zero-order valence-electron chi connectivity index (χ0n) is 11.1. The second kappa shape index (κ2) is 5.83. The highest BCUT2D eigenvalue weighted by Crippen LogP contribution is 2.16. The van der Waals surface area contributed by atoms with Gasteiger partial charge in [-0.05, 0) is 49.8 Å². The summed E-state index contributed by atoms with van der Waals surface area (Å²) in [5.74, 6) is -0.261. The third-order valence-corrected chi connectivity index (χ3v) is 2.71. The van der Waals surface area contributed by atoms with E-state index in [2.05, 4.69) is 10.6 Å². The van der Waals surface area contributed by atoms with E-state index in [9.17, 15) is 9.59 Å². The van der Waals surface area contributed by atoms with E-state index in [1.807, 2.05) is 13.8 Å². The van der Waals surface area contributed by atoms with Crippen LogP contribution < -0.4 is 15.4 Å². The number of hydrogen-bond donors (Lipinski definition) is 2. The van der Waals surface area contributed by atoms with Crippen LogP contribution in [0.3, 0.4) is 0 Å². The molecule has 104 valence electrons. The number of thiocarbonyl (C=S) groups is 1. The van der Waals surface area contributed by atoms with Crippen LogP contribution >= 0.6 is 12.2 Å². The fourth-order valence-corrected chi connectivity index (χ4v) is 1.87. The van der Waals surface area contributed by atoms with E-state index in [-0.39, 0.29) is 16.8 Å². The summed E-state index contributed by atoms with van der Waals surface area (Å²) in [4.78, 5) is 23.4. The predicted octanol–water partition coefficient (Wildman–Crippen LogP) is 1.39. The van der Waals surface area contributed by atoms with Crippen LogP contribution in [0, 0.1) is 0 Å². The lowest BCUT2D eigenvalue weighted by atomic mass is 10.1. The summed E-state index contributed by atoms with van der Waals surface area (Å²) >= 11 is 4.73. The van der Waals surface area contributed by atoms with Gasteiger partial charge in [-0.2, -0.15) is 0 Å². The topological polar surface area (TPSA) is 67.4 Å². The maximum Gasteiger partial charge on any atom is 0.263 e. The standard InChI is InChI=1S/C14H14N2O3S/c1-8(2)19-10-5-3-9(4-6-10)7-11-12(17)15-14(20)16-13(11)18/h3-8H,1-2H3,(H2,15,16,17,18,20). The average Bonchev–Trinajstić information content (AvgIpc) is 2.35. The van der Waals surface area contributed by atoms with E-state index < -0.39 is 11.8 Å². The van der Waals surface area contributed by atoms with Crippen molar-refractivity contribution in [3.8, 4) is 5.75 Å². The maximum absolute atomic E-state index is 11.7.